The van der Waals surface area contributed by atoms with E-state index in [1.807, 2.05) is 6.92 Å². The van der Waals surface area contributed by atoms with Gasteiger partial charge in [0.25, 0.3) is 0 Å². The van der Waals surface area contributed by atoms with E-state index in [0.29, 0.717) is 54.6 Å². The van der Waals surface area contributed by atoms with Crippen molar-refractivity contribution in [1.82, 2.24) is 15.0 Å². The Hall–Kier alpha value is -2.86. The first kappa shape index (κ1) is 29.1. The van der Waals surface area contributed by atoms with Gasteiger partial charge < -0.3 is 19.8 Å². The predicted octanol–water partition coefficient (Wildman–Crippen LogP) is 3.44. The molecular formula is C26H32N3O8PS. The SMILES string of the molecule is CCOc1ccc2cc(S(=O)(=O)NC3CCC(C(=O)N[C@H](COP(=O)(O)O)c4ccccc4)CC3)ccc2n1. The molecule has 1 saturated carbocycles. The number of phosphoric acid groups is 1. The minimum absolute atomic E-state index is 0.136. The summed E-state index contributed by atoms with van der Waals surface area (Å²) in [6, 6.07) is 15.9. The van der Waals surface area contributed by atoms with Crippen LogP contribution in [-0.2, 0) is 23.9 Å². The molecule has 0 aliphatic heterocycles. The van der Waals surface area contributed by atoms with Crippen LogP contribution in [0.15, 0.2) is 65.6 Å². The summed E-state index contributed by atoms with van der Waals surface area (Å²) in [7, 11) is -8.50. The molecule has 0 saturated heterocycles. The fourth-order valence-electron chi connectivity index (χ4n) is 4.61. The monoisotopic (exact) mass is 577 g/mol. The van der Waals surface area contributed by atoms with Gasteiger partial charge in [0.15, 0.2) is 0 Å². The number of carbonyl (C=O) groups is 1. The maximum Gasteiger partial charge on any atom is 0.469 e. The number of hydrogen-bond acceptors (Lipinski definition) is 7. The van der Waals surface area contributed by atoms with E-state index in [-0.39, 0.29) is 29.4 Å². The largest absolute Gasteiger partial charge is 0.478 e. The summed E-state index contributed by atoms with van der Waals surface area (Å²) in [5.74, 6) is -0.157. The molecule has 1 aliphatic carbocycles. The van der Waals surface area contributed by atoms with E-state index in [4.69, 9.17) is 14.5 Å². The van der Waals surface area contributed by atoms with Gasteiger partial charge in [0, 0.05) is 23.4 Å². The number of amides is 1. The molecule has 1 aromatic heterocycles. The number of benzene rings is 2. The maximum atomic E-state index is 13.1. The van der Waals surface area contributed by atoms with Gasteiger partial charge in [-0.25, -0.2) is 22.7 Å². The summed E-state index contributed by atoms with van der Waals surface area (Å²) < 4.78 is 50.2. The topological polar surface area (TPSA) is 164 Å². The first-order valence-electron chi connectivity index (χ1n) is 12.7. The third-order valence-corrected chi connectivity index (χ3v) is 8.59. The van der Waals surface area contributed by atoms with Crippen LogP contribution < -0.4 is 14.8 Å². The van der Waals surface area contributed by atoms with E-state index in [1.165, 1.54) is 6.07 Å². The molecule has 0 spiro atoms. The molecule has 1 fully saturated rings. The molecule has 210 valence electrons. The van der Waals surface area contributed by atoms with E-state index >= 15 is 0 Å². The maximum absolute atomic E-state index is 13.1. The van der Waals surface area contributed by atoms with Crippen molar-refractivity contribution in [3.05, 3.63) is 66.2 Å². The molecule has 0 unspecified atom stereocenters. The summed E-state index contributed by atoms with van der Waals surface area (Å²) >= 11 is 0. The zero-order chi connectivity index (χ0) is 28.0. The average molecular weight is 578 g/mol. The molecular weight excluding hydrogens is 545 g/mol. The Balaban J connectivity index is 1.35. The van der Waals surface area contributed by atoms with Crippen molar-refractivity contribution in [3.8, 4) is 5.88 Å². The van der Waals surface area contributed by atoms with Crippen molar-refractivity contribution < 1.29 is 36.8 Å². The molecule has 1 amide bonds. The lowest BCUT2D eigenvalue weighted by molar-refractivity contribution is -0.127. The van der Waals surface area contributed by atoms with Crippen molar-refractivity contribution in [3.63, 3.8) is 0 Å². The lowest BCUT2D eigenvalue weighted by atomic mass is 9.85. The molecule has 13 heteroatoms. The lowest BCUT2D eigenvalue weighted by Gasteiger charge is -2.29. The zero-order valence-corrected chi connectivity index (χ0v) is 23.1. The van der Waals surface area contributed by atoms with E-state index in [0.717, 1.165) is 0 Å². The van der Waals surface area contributed by atoms with E-state index < -0.39 is 23.9 Å². The Morgan fingerprint density at radius 3 is 2.46 bits per heavy atom. The number of carbonyl (C=O) groups excluding carboxylic acids is 1. The Labute approximate surface area is 227 Å². The standard InChI is InChI=1S/C26H32N3O8PS/c1-2-36-25-15-10-20-16-22(13-14-23(20)27-25)39(34,35)29-21-11-8-19(9-12-21)26(30)28-24(17-37-38(31,32)33)18-6-4-3-5-7-18/h3-7,10,13-16,19,21,24,29H,2,8-9,11-12,17H2,1H3,(H,28,30)(H2,31,32,33)/t19?,21?,24-/m1/s1. The highest BCUT2D eigenvalue weighted by atomic mass is 32.2. The van der Waals surface area contributed by atoms with Gasteiger partial charge in [-0.3, -0.25) is 9.32 Å². The molecule has 1 heterocycles. The number of nitrogens with one attached hydrogen (secondary N) is 2. The summed E-state index contributed by atoms with van der Waals surface area (Å²) in [6.07, 6.45) is 1.86. The third-order valence-electron chi connectivity index (χ3n) is 6.59. The lowest BCUT2D eigenvalue weighted by Crippen LogP contribution is -2.42. The first-order valence-corrected chi connectivity index (χ1v) is 15.7. The minimum Gasteiger partial charge on any atom is -0.478 e. The van der Waals surface area contributed by atoms with Crippen LogP contribution in [0, 0.1) is 5.92 Å². The van der Waals surface area contributed by atoms with Crippen LogP contribution >= 0.6 is 7.82 Å². The van der Waals surface area contributed by atoms with E-state index in [1.54, 1.807) is 54.6 Å². The molecule has 3 aromatic rings. The third kappa shape index (κ3) is 8.07. The normalized spacial score (nSPS) is 18.9. The van der Waals surface area contributed by atoms with Crippen LogP contribution in [-0.4, -0.2) is 48.4 Å². The Kier molecular flexibility index (Phi) is 9.37. The van der Waals surface area contributed by atoms with Crippen LogP contribution in [0.3, 0.4) is 0 Å². The van der Waals surface area contributed by atoms with Crippen molar-refractivity contribution in [2.45, 2.75) is 49.6 Å². The molecule has 2 aromatic carbocycles. The van der Waals surface area contributed by atoms with Crippen LogP contribution in [0.1, 0.15) is 44.2 Å². The predicted molar refractivity (Wildman–Crippen MR) is 144 cm³/mol. The quantitative estimate of drug-likeness (QED) is 0.250. The molecule has 11 nitrogen and oxygen atoms in total. The van der Waals surface area contributed by atoms with Gasteiger partial charge in [-0.15, -0.1) is 0 Å². The van der Waals surface area contributed by atoms with Crippen LogP contribution in [0.25, 0.3) is 10.9 Å². The number of hydrogen-bond donors (Lipinski definition) is 4. The molecule has 1 atom stereocenters. The number of sulfonamides is 1. The van der Waals surface area contributed by atoms with Gasteiger partial charge in [0.1, 0.15) is 0 Å². The number of nitrogens with zero attached hydrogens (tertiary/aromatic N) is 1. The second kappa shape index (κ2) is 12.5. The highest BCUT2D eigenvalue weighted by Crippen LogP contribution is 2.37. The van der Waals surface area contributed by atoms with E-state index in [9.17, 15) is 17.8 Å². The molecule has 4 rings (SSSR count). The van der Waals surface area contributed by atoms with Gasteiger partial charge in [-0.2, -0.15) is 0 Å². The molecule has 0 radical (unpaired) electrons. The van der Waals surface area contributed by atoms with Crippen molar-refractivity contribution in [2.75, 3.05) is 13.2 Å². The number of phosphoric ester groups is 1. The second-order valence-corrected chi connectivity index (χ2v) is 12.3. The second-order valence-electron chi connectivity index (χ2n) is 9.37. The minimum atomic E-state index is -4.71. The molecule has 4 N–H and O–H groups in total. The fourth-order valence-corrected chi connectivity index (χ4v) is 6.29. The molecule has 0 bridgehead atoms. The van der Waals surface area contributed by atoms with Gasteiger partial charge in [-0.05, 0) is 62.4 Å². The summed E-state index contributed by atoms with van der Waals surface area (Å²) in [5.41, 5.74) is 1.28. The van der Waals surface area contributed by atoms with Crippen LogP contribution in [0.5, 0.6) is 5.88 Å². The Morgan fingerprint density at radius 1 is 1.08 bits per heavy atom. The van der Waals surface area contributed by atoms with Gasteiger partial charge in [0.05, 0.1) is 29.7 Å². The summed E-state index contributed by atoms with van der Waals surface area (Å²) in [4.78, 5) is 35.7. The summed E-state index contributed by atoms with van der Waals surface area (Å²) in [5, 5.41) is 3.51. The average Bonchev–Trinajstić information content (AvgIpc) is 2.91. The van der Waals surface area contributed by atoms with Crippen molar-refractivity contribution >= 4 is 34.7 Å². The van der Waals surface area contributed by atoms with Crippen molar-refractivity contribution in [1.29, 1.82) is 0 Å². The van der Waals surface area contributed by atoms with Gasteiger partial charge >= 0.3 is 7.82 Å². The van der Waals surface area contributed by atoms with Crippen LogP contribution in [0.2, 0.25) is 0 Å². The van der Waals surface area contributed by atoms with E-state index in [2.05, 4.69) is 19.5 Å². The number of aromatic nitrogens is 1. The van der Waals surface area contributed by atoms with Gasteiger partial charge in [0.2, 0.25) is 21.8 Å². The van der Waals surface area contributed by atoms with Crippen LogP contribution in [0.4, 0.5) is 0 Å². The number of fused-ring (bicyclic) bond motifs is 1. The highest BCUT2D eigenvalue weighted by molar-refractivity contribution is 7.89. The van der Waals surface area contributed by atoms with Crippen molar-refractivity contribution in [2.24, 2.45) is 5.92 Å². The molecule has 39 heavy (non-hydrogen) atoms. The number of ether oxygens (including phenoxy) is 1. The molecule has 1 aliphatic rings. The van der Waals surface area contributed by atoms with Gasteiger partial charge in [-0.1, -0.05) is 30.3 Å². The zero-order valence-electron chi connectivity index (χ0n) is 21.4. The number of rotatable bonds is 11. The fraction of sp³-hybridized carbons (Fsp3) is 0.385. The number of pyridine rings is 1. The Morgan fingerprint density at radius 2 is 1.79 bits per heavy atom. The highest BCUT2D eigenvalue weighted by Gasteiger charge is 2.31. The first-order chi connectivity index (χ1) is 18.5. The Bertz CT molecular complexity index is 1440. The smallest absolute Gasteiger partial charge is 0.469 e. The summed E-state index contributed by atoms with van der Waals surface area (Å²) in [6.45, 7) is 1.96.